The molecule has 1 heterocycles. The second kappa shape index (κ2) is 9.66. The molecule has 2 heteroatoms. The van der Waals surface area contributed by atoms with E-state index in [1.807, 2.05) is 0 Å². The van der Waals surface area contributed by atoms with E-state index >= 15 is 0 Å². The van der Waals surface area contributed by atoms with Gasteiger partial charge in [0.15, 0.2) is 0 Å². The highest BCUT2D eigenvalue weighted by Crippen LogP contribution is 2.37. The van der Waals surface area contributed by atoms with E-state index in [1.54, 1.807) is 0 Å². The van der Waals surface area contributed by atoms with E-state index in [0.29, 0.717) is 5.41 Å². The minimum atomic E-state index is 0.258. The van der Waals surface area contributed by atoms with Crippen molar-refractivity contribution in [1.82, 2.24) is 0 Å². The van der Waals surface area contributed by atoms with Crippen LogP contribution in [0.1, 0.15) is 75.0 Å². The van der Waals surface area contributed by atoms with Gasteiger partial charge in [0, 0.05) is 12.0 Å². The molecule has 1 saturated carbocycles. The van der Waals surface area contributed by atoms with Crippen LogP contribution in [0, 0.1) is 11.3 Å². The first-order valence-corrected chi connectivity index (χ1v) is 12.0. The summed E-state index contributed by atoms with van der Waals surface area (Å²) in [5, 5.41) is 9.29. The SMILES string of the molecule is CC1CCC(c2ccc(-c3ccc(CCCO)c(CCC4(C)COC4)c3)cc2)CC1. The molecule has 1 saturated heterocycles. The highest BCUT2D eigenvalue weighted by atomic mass is 16.5. The van der Waals surface area contributed by atoms with Crippen molar-refractivity contribution < 1.29 is 9.84 Å². The lowest BCUT2D eigenvalue weighted by Crippen LogP contribution is -2.40. The summed E-state index contributed by atoms with van der Waals surface area (Å²) in [7, 11) is 0. The molecule has 2 nitrogen and oxygen atoms in total. The Morgan fingerprint density at radius 1 is 0.900 bits per heavy atom. The minimum Gasteiger partial charge on any atom is -0.396 e. The second-order valence-corrected chi connectivity index (χ2v) is 10.2. The standard InChI is InChI=1S/C28H38O2/c1-21-5-7-23(8-6-21)24-9-11-25(12-10-24)26-14-13-22(4-3-17-29)27(18-26)15-16-28(2)19-30-20-28/h9-14,18,21,23,29H,3-8,15-17,19-20H2,1-2H3. The molecule has 0 spiro atoms. The molecule has 162 valence electrons. The van der Waals surface area contributed by atoms with Gasteiger partial charge in [-0.1, -0.05) is 69.2 Å². The van der Waals surface area contributed by atoms with E-state index < -0.39 is 0 Å². The molecule has 30 heavy (non-hydrogen) atoms. The summed E-state index contributed by atoms with van der Waals surface area (Å²) in [5.74, 6) is 1.65. The maximum Gasteiger partial charge on any atom is 0.0542 e. The van der Waals surface area contributed by atoms with Gasteiger partial charge in [0.1, 0.15) is 0 Å². The first-order chi connectivity index (χ1) is 14.6. The van der Waals surface area contributed by atoms with Gasteiger partial charge in [-0.15, -0.1) is 0 Å². The smallest absolute Gasteiger partial charge is 0.0542 e. The van der Waals surface area contributed by atoms with Gasteiger partial charge < -0.3 is 9.84 Å². The number of aliphatic hydroxyl groups excluding tert-OH is 1. The van der Waals surface area contributed by atoms with Crippen molar-refractivity contribution in [3.05, 3.63) is 59.2 Å². The highest BCUT2D eigenvalue weighted by Gasteiger charge is 2.32. The molecular weight excluding hydrogens is 368 g/mol. The number of ether oxygens (including phenoxy) is 1. The zero-order valence-corrected chi connectivity index (χ0v) is 18.8. The molecule has 0 radical (unpaired) electrons. The van der Waals surface area contributed by atoms with Gasteiger partial charge in [0.05, 0.1) is 13.2 Å². The minimum absolute atomic E-state index is 0.258. The van der Waals surface area contributed by atoms with Gasteiger partial charge in [0.2, 0.25) is 0 Å². The summed E-state index contributed by atoms with van der Waals surface area (Å²) in [6.07, 6.45) is 9.47. The number of aliphatic hydroxyl groups is 1. The normalized spacial score (nSPS) is 23.2. The van der Waals surface area contributed by atoms with Crippen molar-refractivity contribution in [3.8, 4) is 11.1 Å². The second-order valence-electron chi connectivity index (χ2n) is 10.2. The Hall–Kier alpha value is -1.64. The number of aryl methyl sites for hydroxylation is 2. The average Bonchev–Trinajstić information content (AvgIpc) is 2.76. The van der Waals surface area contributed by atoms with Gasteiger partial charge in [-0.25, -0.2) is 0 Å². The van der Waals surface area contributed by atoms with E-state index in [1.165, 1.54) is 59.9 Å². The van der Waals surface area contributed by atoms with Gasteiger partial charge >= 0.3 is 0 Å². The van der Waals surface area contributed by atoms with Crippen LogP contribution in [0.2, 0.25) is 0 Å². The van der Waals surface area contributed by atoms with Crippen molar-refractivity contribution in [2.24, 2.45) is 11.3 Å². The lowest BCUT2D eigenvalue weighted by Gasteiger charge is -2.38. The van der Waals surface area contributed by atoms with Crippen molar-refractivity contribution >= 4 is 0 Å². The summed E-state index contributed by atoms with van der Waals surface area (Å²) in [4.78, 5) is 0. The van der Waals surface area contributed by atoms with Crippen LogP contribution < -0.4 is 0 Å². The molecule has 1 aliphatic heterocycles. The van der Waals surface area contributed by atoms with Gasteiger partial charge in [-0.05, 0) is 78.2 Å². The zero-order chi connectivity index (χ0) is 21.0. The molecule has 0 amide bonds. The summed E-state index contributed by atoms with van der Waals surface area (Å²) >= 11 is 0. The van der Waals surface area contributed by atoms with Crippen LogP contribution in [0.15, 0.2) is 42.5 Å². The third kappa shape index (κ3) is 5.15. The molecule has 0 atom stereocenters. The largest absolute Gasteiger partial charge is 0.396 e. The summed E-state index contributed by atoms with van der Waals surface area (Å²) in [6, 6.07) is 16.3. The predicted octanol–water partition coefficient (Wildman–Crippen LogP) is 6.54. The van der Waals surface area contributed by atoms with Crippen molar-refractivity contribution in [1.29, 1.82) is 0 Å². The van der Waals surface area contributed by atoms with Gasteiger partial charge in [0.25, 0.3) is 0 Å². The van der Waals surface area contributed by atoms with E-state index in [-0.39, 0.29) is 6.61 Å². The Bertz CT molecular complexity index is 811. The first kappa shape index (κ1) is 21.6. The molecule has 2 aromatic rings. The Morgan fingerprint density at radius 2 is 1.60 bits per heavy atom. The van der Waals surface area contributed by atoms with Crippen molar-refractivity contribution in [2.45, 2.75) is 71.1 Å². The van der Waals surface area contributed by atoms with Crippen molar-refractivity contribution in [3.63, 3.8) is 0 Å². The van der Waals surface area contributed by atoms with Crippen LogP contribution in [0.3, 0.4) is 0 Å². The lowest BCUT2D eigenvalue weighted by molar-refractivity contribution is -0.105. The molecule has 1 N–H and O–H groups in total. The average molecular weight is 407 g/mol. The van der Waals surface area contributed by atoms with Gasteiger partial charge in [-0.3, -0.25) is 0 Å². The number of benzene rings is 2. The third-order valence-corrected chi connectivity index (χ3v) is 7.44. The Kier molecular flexibility index (Phi) is 6.95. The van der Waals surface area contributed by atoms with Crippen LogP contribution in [0.5, 0.6) is 0 Å². The molecular formula is C28H38O2. The lowest BCUT2D eigenvalue weighted by atomic mass is 9.79. The molecule has 2 aliphatic rings. The zero-order valence-electron chi connectivity index (χ0n) is 18.8. The monoisotopic (exact) mass is 406 g/mol. The number of rotatable bonds is 8. The van der Waals surface area contributed by atoms with Crippen LogP contribution in [0.25, 0.3) is 11.1 Å². The molecule has 2 fully saturated rings. The fourth-order valence-electron chi connectivity index (χ4n) is 5.12. The topological polar surface area (TPSA) is 29.5 Å². The molecule has 2 aromatic carbocycles. The van der Waals surface area contributed by atoms with Crippen molar-refractivity contribution in [2.75, 3.05) is 19.8 Å². The van der Waals surface area contributed by atoms with Crippen LogP contribution in [-0.4, -0.2) is 24.9 Å². The van der Waals surface area contributed by atoms with Crippen LogP contribution in [0.4, 0.5) is 0 Å². The quantitative estimate of drug-likeness (QED) is 0.539. The Morgan fingerprint density at radius 3 is 2.23 bits per heavy atom. The maximum absolute atomic E-state index is 9.29. The van der Waals surface area contributed by atoms with Gasteiger partial charge in [-0.2, -0.15) is 0 Å². The molecule has 0 aromatic heterocycles. The van der Waals surface area contributed by atoms with E-state index in [4.69, 9.17) is 4.74 Å². The fourth-order valence-corrected chi connectivity index (χ4v) is 5.12. The maximum atomic E-state index is 9.29. The van der Waals surface area contributed by atoms with E-state index in [2.05, 4.69) is 56.3 Å². The summed E-state index contributed by atoms with van der Waals surface area (Å²) < 4.78 is 5.45. The molecule has 0 bridgehead atoms. The Labute approximate surface area is 182 Å². The Balaban J connectivity index is 1.50. The van der Waals surface area contributed by atoms with E-state index in [9.17, 15) is 5.11 Å². The first-order valence-electron chi connectivity index (χ1n) is 12.0. The molecule has 0 unspecified atom stereocenters. The number of hydrogen-bond donors (Lipinski definition) is 1. The van der Waals surface area contributed by atoms with E-state index in [0.717, 1.165) is 44.3 Å². The fraction of sp³-hybridized carbons (Fsp3) is 0.571. The summed E-state index contributed by atoms with van der Waals surface area (Å²) in [6.45, 7) is 6.76. The summed E-state index contributed by atoms with van der Waals surface area (Å²) in [5.41, 5.74) is 7.32. The third-order valence-electron chi connectivity index (χ3n) is 7.44. The molecule has 1 aliphatic carbocycles. The predicted molar refractivity (Wildman–Crippen MR) is 125 cm³/mol. The molecule has 4 rings (SSSR count). The van der Waals surface area contributed by atoms with Crippen LogP contribution >= 0.6 is 0 Å². The highest BCUT2D eigenvalue weighted by molar-refractivity contribution is 5.65. The number of hydrogen-bond acceptors (Lipinski definition) is 2. The van der Waals surface area contributed by atoms with Crippen LogP contribution in [-0.2, 0) is 17.6 Å².